The molecule has 1 aliphatic heterocycles. The fourth-order valence-electron chi connectivity index (χ4n) is 3.33. The van der Waals surface area contributed by atoms with Crippen LogP contribution in [0, 0.1) is 6.92 Å². The number of aryl methyl sites for hydroxylation is 1. The van der Waals surface area contributed by atoms with Crippen molar-refractivity contribution in [3.8, 4) is 0 Å². The van der Waals surface area contributed by atoms with Crippen molar-refractivity contribution in [1.29, 1.82) is 0 Å². The smallest absolute Gasteiger partial charge is 0.268 e. The molecule has 5 heteroatoms. The molecule has 1 aliphatic rings. The van der Waals surface area contributed by atoms with E-state index < -0.39 is 0 Å². The fourth-order valence-corrected chi connectivity index (χ4v) is 3.33. The minimum atomic E-state index is -0.0976. The van der Waals surface area contributed by atoms with Crippen LogP contribution in [0.3, 0.4) is 0 Å². The minimum absolute atomic E-state index is 0.0175. The zero-order valence-electron chi connectivity index (χ0n) is 14.0. The van der Waals surface area contributed by atoms with Gasteiger partial charge in [0.1, 0.15) is 5.69 Å². The molecular formula is C17H27N3O2. The van der Waals surface area contributed by atoms with Gasteiger partial charge in [0.25, 0.3) is 5.91 Å². The third-order valence-electron chi connectivity index (χ3n) is 4.45. The van der Waals surface area contributed by atoms with Gasteiger partial charge in [-0.15, -0.1) is 0 Å². The van der Waals surface area contributed by atoms with Gasteiger partial charge in [-0.3, -0.25) is 9.59 Å². The highest BCUT2D eigenvalue weighted by molar-refractivity contribution is 6.02. The Kier molecular flexibility index (Phi) is 5.40. The number of piperidine rings is 1. The van der Waals surface area contributed by atoms with Crippen LogP contribution in [0.1, 0.15) is 72.1 Å². The SMILES string of the molecule is CCCc1c(C(=O)NC2CCCNC2C)[nH]c(C)c1C(C)=O. The maximum absolute atomic E-state index is 12.7. The van der Waals surface area contributed by atoms with E-state index in [1.165, 1.54) is 0 Å². The molecule has 1 aromatic heterocycles. The molecule has 22 heavy (non-hydrogen) atoms. The van der Waals surface area contributed by atoms with Crippen molar-refractivity contribution in [2.75, 3.05) is 6.54 Å². The molecule has 3 N–H and O–H groups in total. The second kappa shape index (κ2) is 7.09. The summed E-state index contributed by atoms with van der Waals surface area (Å²) in [7, 11) is 0. The lowest BCUT2D eigenvalue weighted by Gasteiger charge is -2.30. The number of carbonyl (C=O) groups is 2. The molecule has 2 unspecified atom stereocenters. The van der Waals surface area contributed by atoms with Crippen LogP contribution < -0.4 is 10.6 Å². The molecule has 1 saturated heterocycles. The van der Waals surface area contributed by atoms with Crippen LogP contribution in [0.25, 0.3) is 0 Å². The molecule has 0 aromatic carbocycles. The number of rotatable bonds is 5. The van der Waals surface area contributed by atoms with Gasteiger partial charge >= 0.3 is 0 Å². The molecule has 2 atom stereocenters. The molecule has 5 nitrogen and oxygen atoms in total. The average Bonchev–Trinajstić information content (AvgIpc) is 2.78. The fraction of sp³-hybridized carbons (Fsp3) is 0.647. The summed E-state index contributed by atoms with van der Waals surface area (Å²) in [6, 6.07) is 0.413. The number of ketones is 1. The summed E-state index contributed by atoms with van der Waals surface area (Å²) in [6.45, 7) is 8.57. The number of aromatic nitrogens is 1. The Labute approximate surface area is 132 Å². The van der Waals surface area contributed by atoms with Gasteiger partial charge in [0.15, 0.2) is 5.78 Å². The highest BCUT2D eigenvalue weighted by atomic mass is 16.2. The maximum atomic E-state index is 12.7. The van der Waals surface area contributed by atoms with E-state index in [4.69, 9.17) is 0 Å². The Balaban J connectivity index is 2.25. The van der Waals surface area contributed by atoms with Gasteiger partial charge in [0.05, 0.1) is 0 Å². The predicted octanol–water partition coefficient (Wildman–Crippen LogP) is 2.35. The molecule has 1 amide bonds. The molecule has 2 heterocycles. The first-order chi connectivity index (χ1) is 10.5. The van der Waals surface area contributed by atoms with Crippen molar-refractivity contribution in [3.63, 3.8) is 0 Å². The van der Waals surface area contributed by atoms with E-state index in [1.807, 2.05) is 6.92 Å². The zero-order chi connectivity index (χ0) is 16.3. The van der Waals surface area contributed by atoms with Crippen LogP contribution >= 0.6 is 0 Å². The monoisotopic (exact) mass is 305 g/mol. The standard InChI is InChI=1S/C17H27N3O2/c1-5-7-13-15(12(4)21)11(3)19-16(13)17(22)20-14-8-6-9-18-10(14)2/h10,14,18-19H,5-9H2,1-4H3,(H,20,22). The van der Waals surface area contributed by atoms with Crippen molar-refractivity contribution >= 4 is 11.7 Å². The molecule has 0 aliphatic carbocycles. The van der Waals surface area contributed by atoms with E-state index in [0.29, 0.717) is 11.3 Å². The van der Waals surface area contributed by atoms with E-state index in [-0.39, 0.29) is 23.8 Å². The van der Waals surface area contributed by atoms with Gasteiger partial charge in [-0.25, -0.2) is 0 Å². The Morgan fingerprint density at radius 2 is 2.09 bits per heavy atom. The summed E-state index contributed by atoms with van der Waals surface area (Å²) in [5, 5.41) is 6.50. The van der Waals surface area contributed by atoms with Crippen molar-refractivity contribution in [2.45, 2.75) is 65.5 Å². The van der Waals surface area contributed by atoms with Gasteiger partial charge in [-0.05, 0) is 52.1 Å². The minimum Gasteiger partial charge on any atom is -0.354 e. The summed E-state index contributed by atoms with van der Waals surface area (Å²) in [6.07, 6.45) is 3.70. The Morgan fingerprint density at radius 1 is 1.36 bits per heavy atom. The number of Topliss-reactive ketones (excluding diaryl/α,β-unsaturated/α-hetero) is 1. The van der Waals surface area contributed by atoms with Gasteiger partial charge in [-0.1, -0.05) is 13.3 Å². The third-order valence-corrected chi connectivity index (χ3v) is 4.45. The number of carbonyl (C=O) groups excluding carboxylic acids is 2. The van der Waals surface area contributed by atoms with Gasteiger partial charge < -0.3 is 15.6 Å². The third kappa shape index (κ3) is 3.40. The number of amides is 1. The molecule has 1 aromatic rings. The van der Waals surface area contributed by atoms with E-state index in [2.05, 4.69) is 29.5 Å². The lowest BCUT2D eigenvalue weighted by atomic mass is 9.98. The van der Waals surface area contributed by atoms with E-state index in [9.17, 15) is 9.59 Å². The summed E-state index contributed by atoms with van der Waals surface area (Å²) in [4.78, 5) is 27.7. The van der Waals surface area contributed by atoms with E-state index in [1.54, 1.807) is 6.92 Å². The number of aromatic amines is 1. The first kappa shape index (κ1) is 16.7. The molecule has 0 radical (unpaired) electrons. The topological polar surface area (TPSA) is 74.0 Å². The Bertz CT molecular complexity index is 562. The van der Waals surface area contributed by atoms with Crippen LogP contribution in [0.15, 0.2) is 0 Å². The Morgan fingerprint density at radius 3 is 2.68 bits per heavy atom. The molecular weight excluding hydrogens is 278 g/mol. The van der Waals surface area contributed by atoms with Crippen molar-refractivity contribution in [3.05, 3.63) is 22.5 Å². The van der Waals surface area contributed by atoms with Gasteiger partial charge in [0.2, 0.25) is 0 Å². The first-order valence-electron chi connectivity index (χ1n) is 8.22. The average molecular weight is 305 g/mol. The second-order valence-electron chi connectivity index (χ2n) is 6.25. The molecule has 2 rings (SSSR count). The van der Waals surface area contributed by atoms with Crippen LogP contribution in [-0.4, -0.2) is 35.3 Å². The molecule has 122 valence electrons. The lowest BCUT2D eigenvalue weighted by Crippen LogP contribution is -2.52. The predicted molar refractivity (Wildman–Crippen MR) is 87.5 cm³/mol. The summed E-state index contributed by atoms with van der Waals surface area (Å²) in [5.41, 5.74) is 2.89. The van der Waals surface area contributed by atoms with E-state index in [0.717, 1.165) is 43.5 Å². The number of nitrogens with one attached hydrogen (secondary N) is 3. The number of hydrogen-bond acceptors (Lipinski definition) is 3. The van der Waals surface area contributed by atoms with Crippen molar-refractivity contribution < 1.29 is 9.59 Å². The first-order valence-corrected chi connectivity index (χ1v) is 8.22. The lowest BCUT2D eigenvalue weighted by molar-refractivity contribution is 0.0914. The second-order valence-corrected chi connectivity index (χ2v) is 6.25. The van der Waals surface area contributed by atoms with Gasteiger partial charge in [0, 0.05) is 23.3 Å². The highest BCUT2D eigenvalue weighted by Crippen LogP contribution is 2.22. The Hall–Kier alpha value is -1.62. The highest BCUT2D eigenvalue weighted by Gasteiger charge is 2.26. The summed E-state index contributed by atoms with van der Waals surface area (Å²) >= 11 is 0. The molecule has 0 bridgehead atoms. The molecule has 0 spiro atoms. The van der Waals surface area contributed by atoms with E-state index >= 15 is 0 Å². The van der Waals surface area contributed by atoms with Crippen LogP contribution in [0.4, 0.5) is 0 Å². The normalized spacial score (nSPS) is 21.6. The number of H-pyrrole nitrogens is 1. The van der Waals surface area contributed by atoms with Crippen LogP contribution in [0.5, 0.6) is 0 Å². The summed E-state index contributed by atoms with van der Waals surface area (Å²) < 4.78 is 0. The molecule has 0 saturated carbocycles. The zero-order valence-corrected chi connectivity index (χ0v) is 14.0. The van der Waals surface area contributed by atoms with Gasteiger partial charge in [-0.2, -0.15) is 0 Å². The van der Waals surface area contributed by atoms with Crippen LogP contribution in [0.2, 0.25) is 0 Å². The maximum Gasteiger partial charge on any atom is 0.268 e. The molecule has 1 fully saturated rings. The van der Waals surface area contributed by atoms with Crippen molar-refractivity contribution in [1.82, 2.24) is 15.6 Å². The van der Waals surface area contributed by atoms with Crippen molar-refractivity contribution in [2.24, 2.45) is 0 Å². The largest absolute Gasteiger partial charge is 0.354 e. The number of hydrogen-bond donors (Lipinski definition) is 3. The summed E-state index contributed by atoms with van der Waals surface area (Å²) in [5.74, 6) is -0.0800. The quantitative estimate of drug-likeness (QED) is 0.731. The van der Waals surface area contributed by atoms with Crippen LogP contribution in [-0.2, 0) is 6.42 Å².